The first-order valence-corrected chi connectivity index (χ1v) is 9.20. The maximum Gasteiger partial charge on any atom is 0.339 e. The maximum absolute atomic E-state index is 12.5. The SMILES string of the molecule is COC(=O)c1cc(S(=O)(=O)NC2CCCCCC2)ccc1Cl. The van der Waals surface area contributed by atoms with Gasteiger partial charge in [0.15, 0.2) is 0 Å². The van der Waals surface area contributed by atoms with E-state index in [2.05, 4.69) is 9.46 Å². The summed E-state index contributed by atoms with van der Waals surface area (Å²) < 4.78 is 32.3. The van der Waals surface area contributed by atoms with Crippen LogP contribution < -0.4 is 4.72 Å². The van der Waals surface area contributed by atoms with Gasteiger partial charge in [0.25, 0.3) is 0 Å². The minimum atomic E-state index is -3.67. The third kappa shape index (κ3) is 4.21. The summed E-state index contributed by atoms with van der Waals surface area (Å²) in [7, 11) is -2.45. The van der Waals surface area contributed by atoms with Crippen molar-refractivity contribution in [3.8, 4) is 0 Å². The largest absolute Gasteiger partial charge is 0.465 e. The molecule has 1 N–H and O–H groups in total. The molecule has 2 rings (SSSR count). The smallest absolute Gasteiger partial charge is 0.339 e. The van der Waals surface area contributed by atoms with Crippen molar-refractivity contribution in [3.05, 3.63) is 28.8 Å². The van der Waals surface area contributed by atoms with E-state index in [-0.39, 0.29) is 21.5 Å². The van der Waals surface area contributed by atoms with Crippen molar-refractivity contribution in [2.24, 2.45) is 0 Å². The zero-order valence-corrected chi connectivity index (χ0v) is 14.0. The Kier molecular flexibility index (Phi) is 5.83. The summed E-state index contributed by atoms with van der Waals surface area (Å²) in [5.74, 6) is -0.656. The molecule has 1 fully saturated rings. The van der Waals surface area contributed by atoms with Gasteiger partial charge in [-0.25, -0.2) is 17.9 Å². The van der Waals surface area contributed by atoms with Crippen LogP contribution in [-0.4, -0.2) is 27.5 Å². The normalized spacial score (nSPS) is 17.0. The number of carbonyl (C=O) groups is 1. The van der Waals surface area contributed by atoms with E-state index in [1.807, 2.05) is 0 Å². The molecule has 5 nitrogen and oxygen atoms in total. The second kappa shape index (κ2) is 7.44. The predicted octanol–water partition coefficient (Wildman–Crippen LogP) is 3.13. The molecule has 1 aromatic carbocycles. The number of hydrogen-bond acceptors (Lipinski definition) is 4. The van der Waals surface area contributed by atoms with Crippen LogP contribution in [0.25, 0.3) is 0 Å². The van der Waals surface area contributed by atoms with E-state index in [9.17, 15) is 13.2 Å². The minimum Gasteiger partial charge on any atom is -0.465 e. The van der Waals surface area contributed by atoms with Crippen LogP contribution in [0.1, 0.15) is 48.9 Å². The van der Waals surface area contributed by atoms with Crippen molar-refractivity contribution in [2.45, 2.75) is 49.5 Å². The van der Waals surface area contributed by atoms with Crippen LogP contribution in [0.15, 0.2) is 23.1 Å². The fourth-order valence-electron chi connectivity index (χ4n) is 2.62. The fourth-order valence-corrected chi connectivity index (χ4v) is 4.15. The molecular formula is C15H20ClNO4S. The van der Waals surface area contributed by atoms with Crippen LogP contribution in [0.2, 0.25) is 5.02 Å². The second-order valence-electron chi connectivity index (χ2n) is 5.44. The molecule has 1 saturated carbocycles. The Bertz CT molecular complexity index is 637. The van der Waals surface area contributed by atoms with E-state index >= 15 is 0 Å². The first-order valence-electron chi connectivity index (χ1n) is 7.34. The van der Waals surface area contributed by atoms with Gasteiger partial charge < -0.3 is 4.74 Å². The van der Waals surface area contributed by atoms with Gasteiger partial charge in [-0.05, 0) is 31.0 Å². The van der Waals surface area contributed by atoms with Gasteiger partial charge in [-0.3, -0.25) is 0 Å². The van der Waals surface area contributed by atoms with E-state index in [1.165, 1.54) is 25.3 Å². The molecule has 122 valence electrons. The number of halogens is 1. The zero-order chi connectivity index (χ0) is 16.2. The molecule has 0 spiro atoms. The van der Waals surface area contributed by atoms with E-state index < -0.39 is 16.0 Å². The van der Waals surface area contributed by atoms with Crippen molar-refractivity contribution >= 4 is 27.6 Å². The highest BCUT2D eigenvalue weighted by Gasteiger charge is 2.23. The number of nitrogens with one attached hydrogen (secondary N) is 1. The molecule has 0 amide bonds. The Morgan fingerprint density at radius 1 is 1.23 bits per heavy atom. The van der Waals surface area contributed by atoms with Gasteiger partial charge >= 0.3 is 5.97 Å². The molecule has 0 aromatic heterocycles. The maximum atomic E-state index is 12.5. The highest BCUT2D eigenvalue weighted by molar-refractivity contribution is 7.89. The van der Waals surface area contributed by atoms with Crippen LogP contribution in [0.3, 0.4) is 0 Å². The van der Waals surface area contributed by atoms with E-state index in [1.54, 1.807) is 0 Å². The van der Waals surface area contributed by atoms with Crippen LogP contribution in [0.5, 0.6) is 0 Å². The predicted molar refractivity (Wildman–Crippen MR) is 84.6 cm³/mol. The van der Waals surface area contributed by atoms with Crippen molar-refractivity contribution in [1.29, 1.82) is 0 Å². The first-order chi connectivity index (χ1) is 10.4. The lowest BCUT2D eigenvalue weighted by molar-refractivity contribution is 0.0600. The summed E-state index contributed by atoms with van der Waals surface area (Å²) in [5.41, 5.74) is 0.0490. The Hall–Kier alpha value is -1.11. The van der Waals surface area contributed by atoms with Crippen molar-refractivity contribution < 1.29 is 17.9 Å². The highest BCUT2D eigenvalue weighted by Crippen LogP contribution is 2.23. The number of carbonyl (C=O) groups excluding carboxylic acids is 1. The minimum absolute atomic E-state index is 0.0292. The molecule has 1 aliphatic carbocycles. The monoisotopic (exact) mass is 345 g/mol. The molecule has 1 aliphatic rings. The van der Waals surface area contributed by atoms with Crippen molar-refractivity contribution in [1.82, 2.24) is 4.72 Å². The number of hydrogen-bond donors (Lipinski definition) is 1. The van der Waals surface area contributed by atoms with Crippen LogP contribution in [0, 0.1) is 0 Å². The Morgan fingerprint density at radius 3 is 2.45 bits per heavy atom. The molecule has 0 saturated heterocycles. The highest BCUT2D eigenvalue weighted by atomic mass is 35.5. The van der Waals surface area contributed by atoms with Gasteiger partial charge in [0.2, 0.25) is 10.0 Å². The molecule has 1 aromatic rings. The molecule has 0 unspecified atom stereocenters. The zero-order valence-electron chi connectivity index (χ0n) is 12.5. The standard InChI is InChI=1S/C15H20ClNO4S/c1-21-15(18)13-10-12(8-9-14(13)16)22(19,20)17-11-6-4-2-3-5-7-11/h8-11,17H,2-7H2,1H3. The molecular weight excluding hydrogens is 326 g/mol. The van der Waals surface area contributed by atoms with Gasteiger partial charge in [0, 0.05) is 6.04 Å². The Morgan fingerprint density at radius 2 is 1.86 bits per heavy atom. The molecule has 0 atom stereocenters. The Labute approximate surface area is 136 Å². The van der Waals surface area contributed by atoms with Gasteiger partial charge in [-0.2, -0.15) is 0 Å². The van der Waals surface area contributed by atoms with Crippen LogP contribution in [0.4, 0.5) is 0 Å². The van der Waals surface area contributed by atoms with Crippen molar-refractivity contribution in [2.75, 3.05) is 7.11 Å². The van der Waals surface area contributed by atoms with Crippen molar-refractivity contribution in [3.63, 3.8) is 0 Å². The van der Waals surface area contributed by atoms with E-state index in [0.29, 0.717) is 0 Å². The van der Waals surface area contributed by atoms with Gasteiger partial charge in [-0.1, -0.05) is 37.3 Å². The summed E-state index contributed by atoms with van der Waals surface area (Å²) in [6.07, 6.45) is 6.03. The van der Waals surface area contributed by atoms with Gasteiger partial charge in [0.05, 0.1) is 22.6 Å². The summed E-state index contributed by atoms with van der Waals surface area (Å²) in [6.45, 7) is 0. The van der Waals surface area contributed by atoms with E-state index in [4.69, 9.17) is 11.6 Å². The fraction of sp³-hybridized carbons (Fsp3) is 0.533. The third-order valence-corrected chi connectivity index (χ3v) is 5.68. The third-order valence-electron chi connectivity index (χ3n) is 3.83. The number of ether oxygens (including phenoxy) is 1. The number of esters is 1. The number of benzene rings is 1. The quantitative estimate of drug-likeness (QED) is 0.672. The second-order valence-corrected chi connectivity index (χ2v) is 7.56. The lowest BCUT2D eigenvalue weighted by Gasteiger charge is -2.16. The number of sulfonamides is 1. The number of methoxy groups -OCH3 is 1. The topological polar surface area (TPSA) is 72.5 Å². The lowest BCUT2D eigenvalue weighted by Crippen LogP contribution is -2.34. The number of rotatable bonds is 4. The summed E-state index contributed by atoms with van der Waals surface area (Å²) in [6, 6.07) is 4.00. The van der Waals surface area contributed by atoms with Crippen LogP contribution in [-0.2, 0) is 14.8 Å². The van der Waals surface area contributed by atoms with Gasteiger partial charge in [-0.15, -0.1) is 0 Å². The average Bonchev–Trinajstić information content (AvgIpc) is 2.74. The first kappa shape index (κ1) is 17.2. The summed E-state index contributed by atoms with van der Waals surface area (Å²) in [4.78, 5) is 11.7. The molecule has 0 radical (unpaired) electrons. The average molecular weight is 346 g/mol. The summed E-state index contributed by atoms with van der Waals surface area (Å²) in [5, 5.41) is 0.167. The molecule has 0 heterocycles. The van der Waals surface area contributed by atoms with Crippen LogP contribution >= 0.6 is 11.6 Å². The van der Waals surface area contributed by atoms with Gasteiger partial charge in [0.1, 0.15) is 0 Å². The Balaban J connectivity index is 2.23. The molecule has 7 heteroatoms. The van der Waals surface area contributed by atoms with E-state index in [0.717, 1.165) is 38.5 Å². The molecule has 0 aliphatic heterocycles. The molecule has 22 heavy (non-hydrogen) atoms. The lowest BCUT2D eigenvalue weighted by atomic mass is 10.1. The molecule has 0 bridgehead atoms. The summed E-state index contributed by atoms with van der Waals surface area (Å²) >= 11 is 5.92.